The SMILES string of the molecule is [2H]C[C@H]1O[C@H](OC)[C@](C)(O)[C@@H]1[2H]. The van der Waals surface area contributed by atoms with Crippen molar-refractivity contribution in [3.63, 3.8) is 0 Å². The van der Waals surface area contributed by atoms with Crippen molar-refractivity contribution in [2.45, 2.75) is 38.2 Å². The third-order valence-electron chi connectivity index (χ3n) is 1.51. The Kier molecular flexibility index (Phi) is 1.37. The molecule has 10 heavy (non-hydrogen) atoms. The molecule has 3 heteroatoms. The molecule has 1 N–H and O–H groups in total. The summed E-state index contributed by atoms with van der Waals surface area (Å²) in [4.78, 5) is 0. The summed E-state index contributed by atoms with van der Waals surface area (Å²) in [7, 11) is 1.41. The summed E-state index contributed by atoms with van der Waals surface area (Å²) in [5, 5.41) is 9.70. The van der Waals surface area contributed by atoms with Gasteiger partial charge in [-0.2, -0.15) is 0 Å². The lowest BCUT2D eigenvalue weighted by Crippen LogP contribution is -2.35. The summed E-state index contributed by atoms with van der Waals surface area (Å²) < 4.78 is 24.6. The van der Waals surface area contributed by atoms with Crippen LogP contribution in [0.5, 0.6) is 0 Å². The lowest BCUT2D eigenvalue weighted by atomic mass is 10.0. The van der Waals surface area contributed by atoms with Gasteiger partial charge in [0, 0.05) is 16.2 Å². The zero-order valence-corrected chi connectivity index (χ0v) is 6.20. The molecule has 1 saturated heterocycles. The van der Waals surface area contributed by atoms with Crippen LogP contribution in [0.1, 0.15) is 23.0 Å². The van der Waals surface area contributed by atoms with Gasteiger partial charge in [0.1, 0.15) is 5.60 Å². The summed E-state index contributed by atoms with van der Waals surface area (Å²) in [6, 6.07) is 0. The molecule has 1 heterocycles. The predicted molar refractivity (Wildman–Crippen MR) is 36.6 cm³/mol. The summed E-state index contributed by atoms with van der Waals surface area (Å²) in [5.74, 6) is 0. The first-order valence-corrected chi connectivity index (χ1v) is 3.16. The highest BCUT2D eigenvalue weighted by Crippen LogP contribution is 2.29. The van der Waals surface area contributed by atoms with E-state index in [0.717, 1.165) is 0 Å². The van der Waals surface area contributed by atoms with Gasteiger partial charge in [0.05, 0.1) is 6.10 Å². The Bertz CT molecular complexity index is 159. The monoisotopic (exact) mass is 148 g/mol. The molecule has 1 rings (SSSR count). The van der Waals surface area contributed by atoms with Crippen LogP contribution in [0.15, 0.2) is 0 Å². The molecule has 1 aliphatic rings. The van der Waals surface area contributed by atoms with Crippen LogP contribution >= 0.6 is 0 Å². The van der Waals surface area contributed by atoms with Crippen molar-refractivity contribution < 1.29 is 17.3 Å². The van der Waals surface area contributed by atoms with Crippen molar-refractivity contribution >= 4 is 0 Å². The lowest BCUT2D eigenvalue weighted by Gasteiger charge is -2.21. The average molecular weight is 148 g/mol. The molecule has 0 spiro atoms. The Labute approximate surface area is 63.8 Å². The van der Waals surface area contributed by atoms with Crippen molar-refractivity contribution in [1.29, 1.82) is 0 Å². The summed E-state index contributed by atoms with van der Waals surface area (Å²) in [6.07, 6.45) is -2.14. The van der Waals surface area contributed by atoms with E-state index in [-0.39, 0.29) is 6.90 Å². The minimum absolute atomic E-state index is 0.0236. The molecule has 0 aromatic rings. The van der Waals surface area contributed by atoms with Crippen molar-refractivity contribution in [3.8, 4) is 0 Å². The topological polar surface area (TPSA) is 38.7 Å². The van der Waals surface area contributed by atoms with Gasteiger partial charge in [0.2, 0.25) is 0 Å². The van der Waals surface area contributed by atoms with Crippen LogP contribution in [-0.2, 0) is 9.47 Å². The van der Waals surface area contributed by atoms with Crippen molar-refractivity contribution in [2.24, 2.45) is 0 Å². The molecule has 0 radical (unpaired) electrons. The minimum atomic E-state index is -1.31. The van der Waals surface area contributed by atoms with Gasteiger partial charge in [-0.05, 0) is 13.8 Å². The standard InChI is InChI=1S/C7H14O3/c1-5-4-7(2,8)6(9-3)10-5/h5-6,8H,4H2,1-3H3/t5-,6+,7-/m1/s1/i1D,4D/t4-,5-,6+,7-. The second kappa shape index (κ2) is 2.49. The van der Waals surface area contributed by atoms with Gasteiger partial charge in [-0.3, -0.25) is 0 Å². The fraction of sp³-hybridized carbons (Fsp3) is 1.00. The van der Waals surface area contributed by atoms with E-state index in [1.54, 1.807) is 0 Å². The van der Waals surface area contributed by atoms with E-state index in [4.69, 9.17) is 12.2 Å². The van der Waals surface area contributed by atoms with E-state index in [9.17, 15) is 5.11 Å². The molecule has 0 saturated carbocycles. The van der Waals surface area contributed by atoms with Crippen LogP contribution in [-0.4, -0.2) is 30.2 Å². The van der Waals surface area contributed by atoms with Gasteiger partial charge in [-0.15, -0.1) is 0 Å². The Balaban J connectivity index is 2.73. The highest BCUT2D eigenvalue weighted by atomic mass is 16.7. The Hall–Kier alpha value is -0.120. The maximum atomic E-state index is 9.70. The molecular formula is C7H14O3. The third-order valence-corrected chi connectivity index (χ3v) is 1.51. The normalized spacial score (nSPS) is 58.1. The fourth-order valence-electron chi connectivity index (χ4n) is 1.08. The Morgan fingerprint density at radius 3 is 3.00 bits per heavy atom. The molecule has 0 bridgehead atoms. The van der Waals surface area contributed by atoms with E-state index in [2.05, 4.69) is 0 Å². The van der Waals surface area contributed by atoms with Crippen LogP contribution in [0.3, 0.4) is 0 Å². The number of aliphatic hydroxyl groups is 1. The molecule has 1 fully saturated rings. The second-order valence-corrected chi connectivity index (χ2v) is 2.63. The molecule has 60 valence electrons. The smallest absolute Gasteiger partial charge is 0.186 e. The van der Waals surface area contributed by atoms with Crippen molar-refractivity contribution in [3.05, 3.63) is 0 Å². The van der Waals surface area contributed by atoms with Gasteiger partial charge in [0.15, 0.2) is 6.29 Å². The highest BCUT2D eigenvalue weighted by Gasteiger charge is 2.42. The van der Waals surface area contributed by atoms with Gasteiger partial charge < -0.3 is 14.6 Å². The summed E-state index contributed by atoms with van der Waals surface area (Å²) in [5.41, 5.74) is -1.31. The maximum absolute atomic E-state index is 9.70. The van der Waals surface area contributed by atoms with Gasteiger partial charge >= 0.3 is 0 Å². The van der Waals surface area contributed by atoms with Gasteiger partial charge in [-0.1, -0.05) is 0 Å². The van der Waals surface area contributed by atoms with Crippen LogP contribution < -0.4 is 0 Å². The first-order valence-electron chi connectivity index (χ1n) is 4.44. The third kappa shape index (κ3) is 1.31. The zero-order valence-electron chi connectivity index (χ0n) is 8.20. The van der Waals surface area contributed by atoms with Gasteiger partial charge in [-0.25, -0.2) is 0 Å². The molecule has 0 amide bonds. The Morgan fingerprint density at radius 2 is 2.70 bits per heavy atom. The van der Waals surface area contributed by atoms with E-state index in [1.807, 2.05) is 0 Å². The van der Waals surface area contributed by atoms with Crippen LogP contribution in [0.2, 0.25) is 0 Å². The van der Waals surface area contributed by atoms with Crippen molar-refractivity contribution in [2.75, 3.05) is 7.11 Å². The van der Waals surface area contributed by atoms with E-state index < -0.39 is 24.4 Å². The molecule has 0 unspecified atom stereocenters. The summed E-state index contributed by atoms with van der Waals surface area (Å²) in [6.45, 7) is 1.47. The zero-order chi connectivity index (χ0) is 9.35. The highest BCUT2D eigenvalue weighted by molar-refractivity contribution is 4.85. The van der Waals surface area contributed by atoms with E-state index >= 15 is 0 Å². The Morgan fingerprint density at radius 1 is 2.00 bits per heavy atom. The van der Waals surface area contributed by atoms with E-state index in [1.165, 1.54) is 14.0 Å². The van der Waals surface area contributed by atoms with E-state index in [0.29, 0.717) is 0 Å². The maximum Gasteiger partial charge on any atom is 0.186 e. The largest absolute Gasteiger partial charge is 0.385 e. The number of ether oxygens (including phenoxy) is 2. The lowest BCUT2D eigenvalue weighted by molar-refractivity contribution is -0.178. The first kappa shape index (κ1) is 5.52. The van der Waals surface area contributed by atoms with Crippen LogP contribution in [0.4, 0.5) is 0 Å². The number of rotatable bonds is 1. The quantitative estimate of drug-likeness (QED) is 0.589. The number of methoxy groups -OCH3 is 1. The molecule has 0 aliphatic carbocycles. The molecule has 3 nitrogen and oxygen atoms in total. The summed E-state index contributed by atoms with van der Waals surface area (Å²) >= 11 is 0. The average Bonchev–Trinajstić information content (AvgIpc) is 2.25. The molecule has 0 aromatic carbocycles. The van der Waals surface area contributed by atoms with Crippen LogP contribution in [0.25, 0.3) is 0 Å². The second-order valence-electron chi connectivity index (χ2n) is 2.63. The van der Waals surface area contributed by atoms with Crippen LogP contribution in [0, 0.1) is 0 Å². The van der Waals surface area contributed by atoms with Gasteiger partial charge in [0.25, 0.3) is 0 Å². The number of hydrogen-bond acceptors (Lipinski definition) is 3. The fourth-order valence-corrected chi connectivity index (χ4v) is 1.08. The molecular weight excluding hydrogens is 132 g/mol. The molecule has 0 aromatic heterocycles. The molecule has 4 atom stereocenters. The minimum Gasteiger partial charge on any atom is -0.385 e. The number of hydrogen-bond donors (Lipinski definition) is 1. The van der Waals surface area contributed by atoms with Crippen molar-refractivity contribution in [1.82, 2.24) is 0 Å². The predicted octanol–water partition coefficient (Wildman–Crippen LogP) is 0.519. The molecule has 1 aliphatic heterocycles. The first-order chi connectivity index (χ1) is 5.54.